The van der Waals surface area contributed by atoms with E-state index in [-0.39, 0.29) is 5.91 Å². The molecule has 0 atom stereocenters. The van der Waals surface area contributed by atoms with E-state index in [9.17, 15) is 4.79 Å². The first-order chi connectivity index (χ1) is 9.11. The van der Waals surface area contributed by atoms with Gasteiger partial charge < -0.3 is 4.40 Å². The van der Waals surface area contributed by atoms with Crippen LogP contribution in [0.4, 0.5) is 5.13 Å². The van der Waals surface area contributed by atoms with Crippen molar-refractivity contribution in [3.05, 3.63) is 40.8 Å². The Labute approximate surface area is 113 Å². The third kappa shape index (κ3) is 2.32. The Kier molecular flexibility index (Phi) is 2.75. The lowest BCUT2D eigenvalue weighted by Gasteiger charge is -2.01. The van der Waals surface area contributed by atoms with Gasteiger partial charge in [0, 0.05) is 18.0 Å². The Morgan fingerprint density at radius 2 is 2.21 bits per heavy atom. The highest BCUT2D eigenvalue weighted by molar-refractivity contribution is 7.15. The second-order valence-electron chi connectivity index (χ2n) is 4.14. The van der Waals surface area contributed by atoms with E-state index in [0.717, 1.165) is 16.3 Å². The third-order valence-corrected chi connectivity index (χ3v) is 3.34. The van der Waals surface area contributed by atoms with Gasteiger partial charge in [0.1, 0.15) is 10.7 Å². The molecule has 0 aromatic carbocycles. The van der Waals surface area contributed by atoms with E-state index in [2.05, 4.69) is 20.5 Å². The molecule has 0 aliphatic carbocycles. The fourth-order valence-electron chi connectivity index (χ4n) is 1.77. The summed E-state index contributed by atoms with van der Waals surface area (Å²) >= 11 is 1.34. The highest BCUT2D eigenvalue weighted by Crippen LogP contribution is 2.15. The zero-order chi connectivity index (χ0) is 13.4. The molecule has 0 saturated carbocycles. The monoisotopic (exact) mass is 273 g/mol. The average Bonchev–Trinajstić information content (AvgIpc) is 2.93. The molecule has 0 fully saturated rings. The number of hydrogen-bond donors (Lipinski definition) is 1. The van der Waals surface area contributed by atoms with E-state index in [0.29, 0.717) is 10.7 Å². The molecule has 0 saturated heterocycles. The summed E-state index contributed by atoms with van der Waals surface area (Å²) in [4.78, 5) is 16.4. The number of fused-ring (bicyclic) bond motifs is 1. The van der Waals surface area contributed by atoms with Crippen molar-refractivity contribution in [2.45, 2.75) is 13.8 Å². The second kappa shape index (κ2) is 4.43. The molecule has 3 aromatic heterocycles. The van der Waals surface area contributed by atoms with E-state index >= 15 is 0 Å². The van der Waals surface area contributed by atoms with E-state index < -0.39 is 0 Å². The largest absolute Gasteiger partial charge is 0.307 e. The lowest BCUT2D eigenvalue weighted by molar-refractivity contribution is 0.102. The number of carbonyl (C=O) groups is 1. The SMILES string of the molecule is Cc1cn2ccc(C(=O)Nc3nnc(C)s3)cc2n1. The predicted molar refractivity (Wildman–Crippen MR) is 72.5 cm³/mol. The van der Waals surface area contributed by atoms with Crippen LogP contribution in [0.5, 0.6) is 0 Å². The molecular weight excluding hydrogens is 262 g/mol. The van der Waals surface area contributed by atoms with Gasteiger partial charge in [0.2, 0.25) is 5.13 Å². The highest BCUT2D eigenvalue weighted by Gasteiger charge is 2.10. The molecule has 0 aliphatic rings. The maximum absolute atomic E-state index is 12.1. The number of anilines is 1. The number of aromatic nitrogens is 4. The molecule has 0 bridgehead atoms. The molecule has 96 valence electrons. The first-order valence-corrected chi connectivity index (χ1v) is 6.50. The molecule has 19 heavy (non-hydrogen) atoms. The van der Waals surface area contributed by atoms with Crippen molar-refractivity contribution >= 4 is 28.0 Å². The quantitative estimate of drug-likeness (QED) is 0.775. The molecule has 1 N–H and O–H groups in total. The van der Waals surface area contributed by atoms with Crippen molar-refractivity contribution in [2.24, 2.45) is 0 Å². The van der Waals surface area contributed by atoms with Gasteiger partial charge in [-0.05, 0) is 26.0 Å². The van der Waals surface area contributed by atoms with Crippen LogP contribution in [0.3, 0.4) is 0 Å². The lowest BCUT2D eigenvalue weighted by atomic mass is 10.2. The van der Waals surface area contributed by atoms with Crippen LogP contribution in [0.1, 0.15) is 21.1 Å². The van der Waals surface area contributed by atoms with Crippen LogP contribution in [0, 0.1) is 13.8 Å². The zero-order valence-corrected chi connectivity index (χ0v) is 11.2. The molecule has 0 aliphatic heterocycles. The van der Waals surface area contributed by atoms with Crippen LogP contribution in [-0.2, 0) is 0 Å². The van der Waals surface area contributed by atoms with Gasteiger partial charge in [-0.15, -0.1) is 10.2 Å². The van der Waals surface area contributed by atoms with Crippen LogP contribution in [0.2, 0.25) is 0 Å². The molecule has 7 heteroatoms. The van der Waals surface area contributed by atoms with Crippen molar-refractivity contribution in [2.75, 3.05) is 5.32 Å². The van der Waals surface area contributed by atoms with Gasteiger partial charge in [-0.25, -0.2) is 4.98 Å². The fourth-order valence-corrected chi connectivity index (χ4v) is 2.35. The van der Waals surface area contributed by atoms with E-state index in [4.69, 9.17) is 0 Å². The van der Waals surface area contributed by atoms with E-state index in [1.165, 1.54) is 11.3 Å². The number of rotatable bonds is 2. The Balaban J connectivity index is 1.88. The van der Waals surface area contributed by atoms with Crippen molar-refractivity contribution in [1.82, 2.24) is 19.6 Å². The van der Waals surface area contributed by atoms with E-state index in [1.54, 1.807) is 12.1 Å². The molecule has 0 unspecified atom stereocenters. The predicted octanol–water partition coefficient (Wildman–Crippen LogP) is 2.05. The van der Waals surface area contributed by atoms with Crippen molar-refractivity contribution in [3.63, 3.8) is 0 Å². The number of amides is 1. The van der Waals surface area contributed by atoms with Gasteiger partial charge in [0.05, 0.1) is 5.69 Å². The minimum Gasteiger partial charge on any atom is -0.307 e. The summed E-state index contributed by atoms with van der Waals surface area (Å²) in [5, 5.41) is 11.8. The first kappa shape index (κ1) is 11.8. The smallest absolute Gasteiger partial charge is 0.257 e. The number of hydrogen-bond acceptors (Lipinski definition) is 5. The zero-order valence-electron chi connectivity index (χ0n) is 10.4. The number of pyridine rings is 1. The minimum atomic E-state index is -0.209. The fraction of sp³-hybridized carbons (Fsp3) is 0.167. The number of aryl methyl sites for hydroxylation is 2. The summed E-state index contributed by atoms with van der Waals surface area (Å²) in [5.41, 5.74) is 2.21. The number of carbonyl (C=O) groups excluding carboxylic acids is 1. The third-order valence-electron chi connectivity index (χ3n) is 2.59. The van der Waals surface area contributed by atoms with Crippen LogP contribution in [0.15, 0.2) is 24.5 Å². The van der Waals surface area contributed by atoms with Gasteiger partial charge in [0.25, 0.3) is 5.91 Å². The molecule has 0 spiro atoms. The van der Waals surface area contributed by atoms with Gasteiger partial charge >= 0.3 is 0 Å². The average molecular weight is 273 g/mol. The summed E-state index contributed by atoms with van der Waals surface area (Å²) in [6.07, 6.45) is 3.72. The van der Waals surface area contributed by atoms with Crippen LogP contribution in [-0.4, -0.2) is 25.5 Å². The maximum Gasteiger partial charge on any atom is 0.257 e. The Morgan fingerprint density at radius 3 is 2.95 bits per heavy atom. The lowest BCUT2D eigenvalue weighted by Crippen LogP contribution is -2.12. The Bertz CT molecular complexity index is 760. The minimum absolute atomic E-state index is 0.209. The molecule has 3 aromatic rings. The number of nitrogens with zero attached hydrogens (tertiary/aromatic N) is 4. The molecule has 0 radical (unpaired) electrons. The molecule has 3 rings (SSSR count). The maximum atomic E-state index is 12.1. The summed E-state index contributed by atoms with van der Waals surface area (Å²) in [5.74, 6) is -0.209. The van der Waals surface area contributed by atoms with Crippen molar-refractivity contribution < 1.29 is 4.79 Å². The van der Waals surface area contributed by atoms with Crippen molar-refractivity contribution in [3.8, 4) is 0 Å². The Hall–Kier alpha value is -2.28. The summed E-state index contributed by atoms with van der Waals surface area (Å²) in [6.45, 7) is 3.75. The topological polar surface area (TPSA) is 72.2 Å². The highest BCUT2D eigenvalue weighted by atomic mass is 32.1. The summed E-state index contributed by atoms with van der Waals surface area (Å²) < 4.78 is 1.88. The van der Waals surface area contributed by atoms with Crippen molar-refractivity contribution in [1.29, 1.82) is 0 Å². The summed E-state index contributed by atoms with van der Waals surface area (Å²) in [6, 6.07) is 3.49. The number of nitrogens with one attached hydrogen (secondary N) is 1. The van der Waals surface area contributed by atoms with Gasteiger partial charge in [-0.3, -0.25) is 10.1 Å². The molecule has 1 amide bonds. The molecule has 3 heterocycles. The molecule has 6 nitrogen and oxygen atoms in total. The van der Waals surface area contributed by atoms with Gasteiger partial charge in [0.15, 0.2) is 0 Å². The Morgan fingerprint density at radius 1 is 1.37 bits per heavy atom. The van der Waals surface area contributed by atoms with Crippen LogP contribution < -0.4 is 5.32 Å². The van der Waals surface area contributed by atoms with E-state index in [1.807, 2.05) is 30.6 Å². The number of imidazole rings is 1. The van der Waals surface area contributed by atoms with Gasteiger partial charge in [-0.1, -0.05) is 11.3 Å². The van der Waals surface area contributed by atoms with Crippen LogP contribution >= 0.6 is 11.3 Å². The summed E-state index contributed by atoms with van der Waals surface area (Å²) in [7, 11) is 0. The first-order valence-electron chi connectivity index (χ1n) is 5.68. The standard InChI is InChI=1S/C12H11N5OS/c1-7-6-17-4-3-9(5-10(17)13-7)11(18)14-12-16-15-8(2)19-12/h3-6H,1-2H3,(H,14,16,18). The molecular formula is C12H11N5OS. The normalized spacial score (nSPS) is 10.8. The van der Waals surface area contributed by atoms with Gasteiger partial charge in [-0.2, -0.15) is 0 Å². The second-order valence-corrected chi connectivity index (χ2v) is 5.33. The van der Waals surface area contributed by atoms with Crippen LogP contribution in [0.25, 0.3) is 5.65 Å².